The molecule has 0 amide bonds. The van der Waals surface area contributed by atoms with Crippen molar-refractivity contribution >= 4 is 43.2 Å². The highest BCUT2D eigenvalue weighted by atomic mass is 32.3. The predicted molar refractivity (Wildman–Crippen MR) is 120 cm³/mol. The lowest BCUT2D eigenvalue weighted by Gasteiger charge is -2.03. The first-order chi connectivity index (χ1) is 15.4. The van der Waals surface area contributed by atoms with Gasteiger partial charge in [0.05, 0.1) is 35.7 Å². The fourth-order valence-corrected chi connectivity index (χ4v) is 5.75. The molecule has 12 nitrogen and oxygen atoms in total. The molecule has 0 bridgehead atoms. The van der Waals surface area contributed by atoms with E-state index in [0.29, 0.717) is 10.8 Å². The summed E-state index contributed by atoms with van der Waals surface area (Å²) in [6, 6.07) is 7.43. The van der Waals surface area contributed by atoms with Gasteiger partial charge >= 0.3 is 5.69 Å². The van der Waals surface area contributed by atoms with Gasteiger partial charge in [0.25, 0.3) is 5.69 Å². The van der Waals surface area contributed by atoms with Crippen molar-refractivity contribution in [2.45, 2.75) is 0 Å². The highest BCUT2D eigenvalue weighted by Crippen LogP contribution is 2.28. The second-order valence-electron chi connectivity index (χ2n) is 6.42. The molecule has 2 rings (SSSR count). The Morgan fingerprint density at radius 3 is 1.97 bits per heavy atom. The normalized spacial score (nSPS) is 12.2. The molecule has 2 aromatic carbocycles. The number of sulfone groups is 2. The molecule has 0 fully saturated rings. The average Bonchev–Trinajstić information content (AvgIpc) is 2.75. The number of benzene rings is 2. The number of nitrogens with zero attached hydrogens (tertiary/aromatic N) is 2. The second kappa shape index (κ2) is 10.2. The molecule has 176 valence electrons. The summed E-state index contributed by atoms with van der Waals surface area (Å²) in [4.78, 5) is 20.8. The van der Waals surface area contributed by atoms with Gasteiger partial charge in [-0.3, -0.25) is 20.2 Å². The first kappa shape index (κ1) is 25.5. The molecule has 14 heteroatoms. The molecule has 0 aromatic heterocycles. The van der Waals surface area contributed by atoms with Crippen LogP contribution >= 0.6 is 0 Å². The van der Waals surface area contributed by atoms with Gasteiger partial charge in [0.1, 0.15) is 5.75 Å². The minimum Gasteiger partial charge on any atom is -0.497 e. The summed E-state index contributed by atoms with van der Waals surface area (Å²) in [5, 5.41) is 22.1. The second-order valence-corrected chi connectivity index (χ2v) is 10.6. The number of nitro benzene ring substituents is 2. The maximum Gasteiger partial charge on any atom is 0.311 e. The van der Waals surface area contributed by atoms with E-state index < -0.39 is 46.0 Å². The molecule has 2 aromatic rings. The fraction of sp³-hybridized carbons (Fsp3) is 0.158. The molecule has 0 heterocycles. The molecule has 0 atom stereocenters. The van der Waals surface area contributed by atoms with E-state index in [-0.39, 0.29) is 22.6 Å². The van der Waals surface area contributed by atoms with Crippen molar-refractivity contribution in [3.63, 3.8) is 0 Å². The van der Waals surface area contributed by atoms with Crippen molar-refractivity contribution in [1.82, 2.24) is 0 Å². The first-order valence-corrected chi connectivity index (χ1v) is 12.3. The fourth-order valence-electron chi connectivity index (χ4n) is 2.57. The molecule has 0 unspecified atom stereocenters. The number of rotatable bonds is 10. The average molecular weight is 498 g/mol. The maximum atomic E-state index is 12.3. The van der Waals surface area contributed by atoms with Crippen LogP contribution in [0.3, 0.4) is 0 Å². The maximum absolute atomic E-state index is 12.3. The first-order valence-electron chi connectivity index (χ1n) is 8.84. The van der Waals surface area contributed by atoms with E-state index in [1.54, 1.807) is 0 Å². The lowest BCUT2D eigenvalue weighted by molar-refractivity contribution is -0.385. The van der Waals surface area contributed by atoms with Crippen LogP contribution in [0.2, 0.25) is 0 Å². The van der Waals surface area contributed by atoms with Crippen molar-refractivity contribution in [3.8, 4) is 11.5 Å². The van der Waals surface area contributed by atoms with Gasteiger partial charge in [0.15, 0.2) is 30.5 Å². The minimum atomic E-state index is -4.33. The Bertz CT molecular complexity index is 1350. The van der Waals surface area contributed by atoms with Crippen molar-refractivity contribution in [2.75, 3.05) is 19.3 Å². The summed E-state index contributed by atoms with van der Waals surface area (Å²) in [5.41, 5.74) is -0.755. The summed E-state index contributed by atoms with van der Waals surface area (Å²) in [7, 11) is -6.09. The van der Waals surface area contributed by atoms with Crippen LogP contribution in [0, 0.1) is 20.2 Å². The van der Waals surface area contributed by atoms with Crippen LogP contribution < -0.4 is 9.47 Å². The number of methoxy groups -OCH3 is 2. The zero-order valence-electron chi connectivity index (χ0n) is 17.3. The van der Waals surface area contributed by atoms with Crippen LogP contribution in [0.4, 0.5) is 11.4 Å². The van der Waals surface area contributed by atoms with E-state index in [9.17, 15) is 37.1 Å². The Balaban J connectivity index is 2.25. The molecule has 33 heavy (non-hydrogen) atoms. The van der Waals surface area contributed by atoms with Crippen molar-refractivity contribution in [2.24, 2.45) is 0 Å². The van der Waals surface area contributed by atoms with Gasteiger partial charge in [-0.15, -0.1) is 0 Å². The van der Waals surface area contributed by atoms with E-state index in [0.717, 1.165) is 24.3 Å². The number of hydrogen-bond donors (Lipinski definition) is 0. The van der Waals surface area contributed by atoms with Crippen molar-refractivity contribution < 1.29 is 36.2 Å². The number of nitro groups is 2. The highest BCUT2D eigenvalue weighted by Gasteiger charge is 2.20. The van der Waals surface area contributed by atoms with Crippen LogP contribution in [0.25, 0.3) is 12.2 Å². The summed E-state index contributed by atoms with van der Waals surface area (Å²) in [6.45, 7) is 0. The Morgan fingerprint density at radius 2 is 1.42 bits per heavy atom. The SMILES string of the molecule is COc1ccc(/C=C\S(=O)(=O)CS(=O)(=O)/C=C/c2ccc(OC)c([N+](=O)[O-])c2)c([N+](=O)[O-])c1. The third-order valence-corrected chi connectivity index (χ3v) is 7.81. The molecule has 0 aliphatic rings. The molecule has 0 saturated heterocycles. The minimum absolute atomic E-state index is 0.0275. The van der Waals surface area contributed by atoms with Crippen LogP contribution in [-0.4, -0.2) is 46.0 Å². The van der Waals surface area contributed by atoms with Gasteiger partial charge < -0.3 is 9.47 Å². The van der Waals surface area contributed by atoms with E-state index in [1.165, 1.54) is 38.5 Å². The Kier molecular flexibility index (Phi) is 7.90. The molecule has 0 aliphatic carbocycles. The van der Waals surface area contributed by atoms with Gasteiger partial charge in [-0.1, -0.05) is 6.07 Å². The van der Waals surface area contributed by atoms with Gasteiger partial charge in [0, 0.05) is 16.9 Å². The lowest BCUT2D eigenvalue weighted by Crippen LogP contribution is -2.11. The highest BCUT2D eigenvalue weighted by molar-refractivity contribution is 8.10. The zero-order chi connectivity index (χ0) is 24.8. The van der Waals surface area contributed by atoms with E-state index >= 15 is 0 Å². The topological polar surface area (TPSA) is 173 Å². The molecular formula is C19H18N2O10S2. The largest absolute Gasteiger partial charge is 0.497 e. The monoisotopic (exact) mass is 498 g/mol. The third kappa shape index (κ3) is 7.11. The quantitative estimate of drug-likeness (QED) is 0.350. The Morgan fingerprint density at radius 1 is 0.818 bits per heavy atom. The van der Waals surface area contributed by atoms with E-state index in [2.05, 4.69) is 0 Å². The van der Waals surface area contributed by atoms with Crippen LogP contribution in [0.15, 0.2) is 47.2 Å². The number of ether oxygens (including phenoxy) is 2. The van der Waals surface area contributed by atoms with Crippen LogP contribution in [0.5, 0.6) is 11.5 Å². The van der Waals surface area contributed by atoms with Crippen LogP contribution in [0.1, 0.15) is 11.1 Å². The molecule has 0 radical (unpaired) electrons. The van der Waals surface area contributed by atoms with Gasteiger partial charge in [0.2, 0.25) is 0 Å². The standard InChI is InChI=1S/C19H18N2O10S2/c1-30-16-5-4-15(17(12-16)20(22)23)8-10-33(28,29)13-32(26,27)9-7-14-3-6-19(31-2)18(11-14)21(24)25/h3-12H,13H2,1-2H3/b9-7+,10-8-. The molecule has 0 spiro atoms. The Hall–Kier alpha value is -3.78. The lowest BCUT2D eigenvalue weighted by atomic mass is 10.2. The summed E-state index contributed by atoms with van der Waals surface area (Å²) < 4.78 is 58.8. The summed E-state index contributed by atoms with van der Waals surface area (Å²) in [6.07, 6.45) is 1.92. The summed E-state index contributed by atoms with van der Waals surface area (Å²) >= 11 is 0. The zero-order valence-corrected chi connectivity index (χ0v) is 18.9. The predicted octanol–water partition coefficient (Wildman–Crippen LogP) is 2.95. The van der Waals surface area contributed by atoms with Crippen molar-refractivity contribution in [3.05, 3.63) is 78.6 Å². The van der Waals surface area contributed by atoms with Gasteiger partial charge in [-0.2, -0.15) is 0 Å². The third-order valence-electron chi connectivity index (χ3n) is 4.09. The molecule has 0 aliphatic heterocycles. The molecule has 0 N–H and O–H groups in total. The van der Waals surface area contributed by atoms with Gasteiger partial charge in [-0.25, -0.2) is 16.8 Å². The molecular weight excluding hydrogens is 480 g/mol. The smallest absolute Gasteiger partial charge is 0.311 e. The van der Waals surface area contributed by atoms with Crippen LogP contribution in [-0.2, 0) is 19.7 Å². The van der Waals surface area contributed by atoms with E-state index in [1.807, 2.05) is 0 Å². The van der Waals surface area contributed by atoms with Crippen molar-refractivity contribution in [1.29, 1.82) is 0 Å². The molecule has 0 saturated carbocycles. The van der Waals surface area contributed by atoms with E-state index in [4.69, 9.17) is 9.47 Å². The van der Waals surface area contributed by atoms with Gasteiger partial charge in [-0.05, 0) is 35.9 Å². The number of hydrogen-bond acceptors (Lipinski definition) is 10. The summed E-state index contributed by atoms with van der Waals surface area (Å²) in [5.74, 6) is 0.161. The Labute approximate surface area is 188 Å².